The van der Waals surface area contributed by atoms with Crippen molar-refractivity contribution in [3.8, 4) is 5.75 Å². The second-order valence-electron chi connectivity index (χ2n) is 9.53. The van der Waals surface area contributed by atoms with E-state index in [9.17, 15) is 22.4 Å². The van der Waals surface area contributed by atoms with Gasteiger partial charge in [-0.05, 0) is 53.9 Å². The monoisotopic (exact) mass is 583 g/mol. The zero-order chi connectivity index (χ0) is 29.2. The van der Waals surface area contributed by atoms with Crippen molar-refractivity contribution < 1.29 is 31.9 Å². The number of nitrogens with zero attached hydrogens (tertiary/aromatic N) is 2. The minimum atomic E-state index is -3.67. The largest absolute Gasteiger partial charge is 0.484 e. The third-order valence-corrected chi connectivity index (χ3v) is 8.52. The van der Waals surface area contributed by atoms with E-state index in [1.54, 1.807) is 36.4 Å². The van der Waals surface area contributed by atoms with Gasteiger partial charge in [0.25, 0.3) is 5.91 Å². The number of ether oxygens (including phenoxy) is 2. The molecule has 0 saturated carbocycles. The number of carbonyl (C=O) groups excluding carboxylic acids is 2. The lowest BCUT2D eigenvalue weighted by Crippen LogP contribution is -2.45. The van der Waals surface area contributed by atoms with Gasteiger partial charge in [0, 0.05) is 26.2 Å². The van der Waals surface area contributed by atoms with Gasteiger partial charge in [-0.2, -0.15) is 4.31 Å². The van der Waals surface area contributed by atoms with Gasteiger partial charge in [-0.3, -0.25) is 9.59 Å². The van der Waals surface area contributed by atoms with Gasteiger partial charge in [-0.15, -0.1) is 0 Å². The number of amides is 2. The van der Waals surface area contributed by atoms with Gasteiger partial charge in [0.15, 0.2) is 6.61 Å². The number of hydrogen-bond acceptors (Lipinski definition) is 6. The van der Waals surface area contributed by atoms with Crippen LogP contribution in [0.5, 0.6) is 5.75 Å². The van der Waals surface area contributed by atoms with Crippen LogP contribution in [0, 0.1) is 5.82 Å². The van der Waals surface area contributed by atoms with Crippen LogP contribution >= 0.6 is 0 Å². The minimum absolute atomic E-state index is 0.0400. The molecule has 1 aliphatic rings. The van der Waals surface area contributed by atoms with Crippen LogP contribution in [0.25, 0.3) is 0 Å². The smallest absolute Gasteiger partial charge is 0.261 e. The molecule has 1 N–H and O–H groups in total. The summed E-state index contributed by atoms with van der Waals surface area (Å²) >= 11 is 0. The summed E-state index contributed by atoms with van der Waals surface area (Å²) in [5, 5.41) is 2.88. The Kier molecular flexibility index (Phi) is 10.4. The summed E-state index contributed by atoms with van der Waals surface area (Å²) in [4.78, 5) is 28.5. The first-order valence-electron chi connectivity index (χ1n) is 13.5. The first-order chi connectivity index (χ1) is 19.8. The molecule has 9 nitrogen and oxygen atoms in total. The molecule has 0 aliphatic carbocycles. The molecule has 0 aromatic heterocycles. The highest BCUT2D eigenvalue weighted by atomic mass is 32.2. The fourth-order valence-electron chi connectivity index (χ4n) is 4.43. The molecule has 0 unspecified atom stereocenters. The highest BCUT2D eigenvalue weighted by molar-refractivity contribution is 7.89. The van der Waals surface area contributed by atoms with E-state index >= 15 is 0 Å². The Morgan fingerprint density at radius 3 is 2.29 bits per heavy atom. The van der Waals surface area contributed by atoms with Gasteiger partial charge >= 0.3 is 0 Å². The van der Waals surface area contributed by atoms with Gasteiger partial charge in [0.2, 0.25) is 15.9 Å². The van der Waals surface area contributed by atoms with E-state index in [4.69, 9.17) is 9.47 Å². The number of morpholine rings is 1. The summed E-state index contributed by atoms with van der Waals surface area (Å²) in [6, 6.07) is 19.6. The van der Waals surface area contributed by atoms with Crippen LogP contribution in [-0.4, -0.2) is 68.9 Å². The van der Waals surface area contributed by atoms with Crippen LogP contribution in [-0.2, 0) is 30.9 Å². The third-order valence-electron chi connectivity index (χ3n) is 6.60. The topological polar surface area (TPSA) is 105 Å². The number of hydrogen-bond donors (Lipinski definition) is 1. The Morgan fingerprint density at radius 2 is 1.66 bits per heavy atom. The number of rotatable bonds is 12. The molecule has 2 amide bonds. The Balaban J connectivity index is 1.54. The lowest BCUT2D eigenvalue weighted by molar-refractivity contribution is -0.143. The van der Waals surface area contributed by atoms with Crippen molar-refractivity contribution in [2.24, 2.45) is 0 Å². The molecule has 0 spiro atoms. The van der Waals surface area contributed by atoms with Crippen molar-refractivity contribution in [1.29, 1.82) is 0 Å². The highest BCUT2D eigenvalue weighted by Crippen LogP contribution is 2.25. The van der Waals surface area contributed by atoms with Gasteiger partial charge < -0.3 is 19.7 Å². The minimum Gasteiger partial charge on any atom is -0.484 e. The zero-order valence-corrected chi connectivity index (χ0v) is 23.7. The molecule has 0 bridgehead atoms. The standard InChI is InChI=1S/C30H34FN3O6S/c1-2-16-32-30(36)29(24-6-4-3-5-7-24)34(21-23-8-10-25(31)11-9-23)28(35)22-40-26-12-14-27(15-13-26)41(37,38)33-17-19-39-20-18-33/h3-15,29H,2,16-22H2,1H3,(H,32,36)/t29-/m0/s1. The lowest BCUT2D eigenvalue weighted by atomic mass is 10.0. The second-order valence-corrected chi connectivity index (χ2v) is 11.5. The van der Waals surface area contributed by atoms with E-state index in [-0.39, 0.29) is 30.4 Å². The molecule has 0 radical (unpaired) electrons. The molecule has 1 heterocycles. The molecular weight excluding hydrogens is 549 g/mol. The van der Waals surface area contributed by atoms with Crippen LogP contribution in [0.4, 0.5) is 4.39 Å². The summed E-state index contributed by atoms with van der Waals surface area (Å²) < 4.78 is 51.8. The lowest BCUT2D eigenvalue weighted by Gasteiger charge is -2.31. The summed E-state index contributed by atoms with van der Waals surface area (Å²) in [6.07, 6.45) is 0.722. The van der Waals surface area contributed by atoms with E-state index < -0.39 is 34.4 Å². The zero-order valence-electron chi connectivity index (χ0n) is 22.9. The number of benzene rings is 3. The molecule has 41 heavy (non-hydrogen) atoms. The number of carbonyl (C=O) groups is 2. The van der Waals surface area contributed by atoms with E-state index in [1.807, 2.05) is 13.0 Å². The summed E-state index contributed by atoms with van der Waals surface area (Å²) in [5.74, 6) is -0.923. The van der Waals surface area contributed by atoms with Crippen LogP contribution < -0.4 is 10.1 Å². The fourth-order valence-corrected chi connectivity index (χ4v) is 5.84. The molecule has 218 valence electrons. The molecule has 1 saturated heterocycles. The molecule has 11 heteroatoms. The van der Waals surface area contributed by atoms with E-state index in [2.05, 4.69) is 5.32 Å². The summed E-state index contributed by atoms with van der Waals surface area (Å²) in [5.41, 5.74) is 1.26. The normalized spacial score (nSPS) is 14.7. The first kappa shape index (κ1) is 30.2. The molecule has 1 aliphatic heterocycles. The Bertz CT molecular complexity index is 1400. The van der Waals surface area contributed by atoms with Gasteiger partial charge in [0.05, 0.1) is 18.1 Å². The van der Waals surface area contributed by atoms with Crippen molar-refractivity contribution in [3.05, 3.63) is 95.8 Å². The predicted octanol–water partition coefficient (Wildman–Crippen LogP) is 3.52. The van der Waals surface area contributed by atoms with Crippen molar-refractivity contribution in [3.63, 3.8) is 0 Å². The number of halogens is 1. The van der Waals surface area contributed by atoms with E-state index in [0.29, 0.717) is 36.6 Å². The average molecular weight is 584 g/mol. The van der Waals surface area contributed by atoms with Crippen molar-refractivity contribution in [1.82, 2.24) is 14.5 Å². The van der Waals surface area contributed by atoms with Crippen LogP contribution in [0.2, 0.25) is 0 Å². The Hall–Kier alpha value is -3.80. The molecule has 1 atom stereocenters. The number of nitrogens with one attached hydrogen (secondary N) is 1. The molecule has 3 aromatic rings. The van der Waals surface area contributed by atoms with Gasteiger partial charge in [-0.1, -0.05) is 49.4 Å². The second kappa shape index (κ2) is 14.2. The van der Waals surface area contributed by atoms with Crippen LogP contribution in [0.3, 0.4) is 0 Å². The van der Waals surface area contributed by atoms with Crippen molar-refractivity contribution in [2.45, 2.75) is 30.8 Å². The summed E-state index contributed by atoms with van der Waals surface area (Å²) in [7, 11) is -3.67. The average Bonchev–Trinajstić information content (AvgIpc) is 3.00. The van der Waals surface area contributed by atoms with Crippen LogP contribution in [0.15, 0.2) is 83.8 Å². The van der Waals surface area contributed by atoms with Gasteiger partial charge in [-0.25, -0.2) is 12.8 Å². The predicted molar refractivity (Wildman–Crippen MR) is 151 cm³/mol. The highest BCUT2D eigenvalue weighted by Gasteiger charge is 2.32. The maximum atomic E-state index is 13.6. The molecule has 4 rings (SSSR count). The number of sulfonamides is 1. The third kappa shape index (κ3) is 7.90. The maximum absolute atomic E-state index is 13.6. The maximum Gasteiger partial charge on any atom is 0.261 e. The quantitative estimate of drug-likeness (QED) is 0.350. The molecule has 1 fully saturated rings. The van der Waals surface area contributed by atoms with Crippen molar-refractivity contribution >= 4 is 21.8 Å². The van der Waals surface area contributed by atoms with E-state index in [1.165, 1.54) is 45.6 Å². The molecule has 3 aromatic carbocycles. The fraction of sp³-hybridized carbons (Fsp3) is 0.333. The molecular formula is C30H34FN3O6S. The van der Waals surface area contributed by atoms with Gasteiger partial charge in [0.1, 0.15) is 17.6 Å². The SMILES string of the molecule is CCCNC(=O)[C@H](c1ccccc1)N(Cc1ccc(F)cc1)C(=O)COc1ccc(S(=O)(=O)N2CCOCC2)cc1. The van der Waals surface area contributed by atoms with Crippen molar-refractivity contribution in [2.75, 3.05) is 39.5 Å². The van der Waals surface area contributed by atoms with Crippen LogP contribution in [0.1, 0.15) is 30.5 Å². The summed E-state index contributed by atoms with van der Waals surface area (Å²) in [6.45, 7) is 3.27. The Labute approximate surface area is 239 Å². The van der Waals surface area contributed by atoms with E-state index in [0.717, 1.165) is 6.42 Å². The first-order valence-corrected chi connectivity index (χ1v) is 14.9. The Morgan fingerprint density at radius 1 is 1.00 bits per heavy atom.